The third-order valence-corrected chi connectivity index (χ3v) is 5.97. The second-order valence-electron chi connectivity index (χ2n) is 8.32. The molecule has 2 aromatic carbocycles. The minimum Gasteiger partial charge on any atom is -0.440 e. The Morgan fingerprint density at radius 3 is 2.48 bits per heavy atom. The average Bonchev–Trinajstić information content (AvgIpc) is 3.30. The number of nitrogens with one attached hydrogen (secondary N) is 1. The molecular formula is C25H25N3O3. The molecule has 0 bridgehead atoms. The minimum atomic E-state index is -0.336. The van der Waals surface area contributed by atoms with Gasteiger partial charge in [0.05, 0.1) is 11.3 Å². The fraction of sp³-hybridized carbons (Fsp3) is 0.320. The number of aryl methyl sites for hydroxylation is 1. The van der Waals surface area contributed by atoms with E-state index in [1.807, 2.05) is 54.3 Å². The van der Waals surface area contributed by atoms with Crippen LogP contribution in [0.15, 0.2) is 52.9 Å². The highest BCUT2D eigenvalue weighted by atomic mass is 16.4. The van der Waals surface area contributed by atoms with Gasteiger partial charge in [-0.3, -0.25) is 9.59 Å². The zero-order chi connectivity index (χ0) is 21.4. The predicted molar refractivity (Wildman–Crippen MR) is 118 cm³/mol. The lowest BCUT2D eigenvalue weighted by Gasteiger charge is -2.19. The van der Waals surface area contributed by atoms with Crippen molar-refractivity contribution < 1.29 is 14.0 Å². The second-order valence-corrected chi connectivity index (χ2v) is 8.32. The molecule has 1 aliphatic heterocycles. The monoisotopic (exact) mass is 415 g/mol. The van der Waals surface area contributed by atoms with Gasteiger partial charge in [0.25, 0.3) is 11.8 Å². The normalized spacial score (nSPS) is 15.8. The van der Waals surface area contributed by atoms with E-state index in [0.29, 0.717) is 28.6 Å². The number of oxazole rings is 1. The standard InChI is InChI=1S/C25H25N3O3/c1-16-8-7-11-19(25(30)28-14-5-6-15-28)20(16)26-23(29)21-22(17-12-13-17)31-24(27-21)18-9-3-2-4-10-18/h2-4,7-11,17H,5-6,12-15H2,1H3,(H,26,29). The highest BCUT2D eigenvalue weighted by Gasteiger charge is 2.34. The zero-order valence-corrected chi connectivity index (χ0v) is 17.6. The van der Waals surface area contributed by atoms with Crippen LogP contribution in [0.2, 0.25) is 0 Å². The van der Waals surface area contributed by atoms with E-state index in [9.17, 15) is 9.59 Å². The SMILES string of the molecule is Cc1cccc(C(=O)N2CCCC2)c1NC(=O)c1nc(-c2ccccc2)oc1C1CC1. The molecule has 1 saturated carbocycles. The van der Waals surface area contributed by atoms with Crippen LogP contribution in [0.1, 0.15) is 63.8 Å². The van der Waals surface area contributed by atoms with Gasteiger partial charge < -0.3 is 14.6 Å². The molecule has 0 unspecified atom stereocenters. The maximum atomic E-state index is 13.3. The largest absolute Gasteiger partial charge is 0.440 e. The number of benzene rings is 2. The maximum absolute atomic E-state index is 13.3. The van der Waals surface area contributed by atoms with Crippen LogP contribution < -0.4 is 5.32 Å². The molecule has 5 rings (SSSR count). The lowest BCUT2D eigenvalue weighted by Crippen LogP contribution is -2.29. The van der Waals surface area contributed by atoms with Crippen molar-refractivity contribution in [3.8, 4) is 11.5 Å². The maximum Gasteiger partial charge on any atom is 0.277 e. The Labute approximate surface area is 181 Å². The van der Waals surface area contributed by atoms with Gasteiger partial charge in [-0.1, -0.05) is 30.3 Å². The number of carbonyl (C=O) groups excluding carboxylic acids is 2. The van der Waals surface area contributed by atoms with Crippen molar-refractivity contribution in [3.05, 3.63) is 71.1 Å². The molecule has 31 heavy (non-hydrogen) atoms. The van der Waals surface area contributed by atoms with Crippen molar-refractivity contribution in [2.45, 2.75) is 38.5 Å². The Morgan fingerprint density at radius 2 is 1.77 bits per heavy atom. The number of amides is 2. The van der Waals surface area contributed by atoms with Crippen LogP contribution in [-0.2, 0) is 0 Å². The Hall–Kier alpha value is -3.41. The van der Waals surface area contributed by atoms with Crippen molar-refractivity contribution in [1.82, 2.24) is 9.88 Å². The number of anilines is 1. The third-order valence-electron chi connectivity index (χ3n) is 5.97. The van der Waals surface area contributed by atoms with Gasteiger partial charge in [-0.05, 0) is 56.4 Å². The van der Waals surface area contributed by atoms with Gasteiger partial charge in [0, 0.05) is 24.6 Å². The Morgan fingerprint density at radius 1 is 1.03 bits per heavy atom. The van der Waals surface area contributed by atoms with Crippen molar-refractivity contribution in [2.75, 3.05) is 18.4 Å². The van der Waals surface area contributed by atoms with Crippen LogP contribution in [0, 0.1) is 6.92 Å². The molecule has 1 aliphatic carbocycles. The van der Waals surface area contributed by atoms with Crippen LogP contribution >= 0.6 is 0 Å². The highest BCUT2D eigenvalue weighted by molar-refractivity contribution is 6.09. The summed E-state index contributed by atoms with van der Waals surface area (Å²) in [4.78, 5) is 32.8. The minimum absolute atomic E-state index is 0.0379. The number of rotatable bonds is 5. The van der Waals surface area contributed by atoms with Gasteiger partial charge in [-0.25, -0.2) is 4.98 Å². The summed E-state index contributed by atoms with van der Waals surface area (Å²) in [6.07, 6.45) is 4.02. The summed E-state index contributed by atoms with van der Waals surface area (Å²) in [6, 6.07) is 15.1. The molecule has 2 aliphatic rings. The number of para-hydroxylation sites is 1. The molecule has 1 N–H and O–H groups in total. The molecule has 1 saturated heterocycles. The smallest absolute Gasteiger partial charge is 0.277 e. The highest BCUT2D eigenvalue weighted by Crippen LogP contribution is 2.43. The number of likely N-dealkylation sites (tertiary alicyclic amines) is 1. The van der Waals surface area contributed by atoms with Gasteiger partial charge in [0.1, 0.15) is 5.76 Å². The quantitative estimate of drug-likeness (QED) is 0.635. The van der Waals surface area contributed by atoms with Crippen molar-refractivity contribution in [2.24, 2.45) is 0 Å². The molecule has 6 nitrogen and oxygen atoms in total. The predicted octanol–water partition coefficient (Wildman–Crippen LogP) is 5.02. The average molecular weight is 415 g/mol. The molecule has 2 amide bonds. The topological polar surface area (TPSA) is 75.4 Å². The van der Waals surface area contributed by atoms with E-state index in [0.717, 1.165) is 49.9 Å². The summed E-state index contributed by atoms with van der Waals surface area (Å²) in [5.74, 6) is 0.943. The molecule has 1 aromatic heterocycles. The lowest BCUT2D eigenvalue weighted by molar-refractivity contribution is 0.0793. The first-order valence-electron chi connectivity index (χ1n) is 10.9. The van der Waals surface area contributed by atoms with Crippen molar-refractivity contribution in [1.29, 1.82) is 0 Å². The van der Waals surface area contributed by atoms with Crippen LogP contribution in [0.3, 0.4) is 0 Å². The molecule has 0 radical (unpaired) electrons. The van der Waals surface area contributed by atoms with Crippen LogP contribution in [0.4, 0.5) is 5.69 Å². The Kier molecular flexibility index (Phi) is 5.06. The van der Waals surface area contributed by atoms with Gasteiger partial charge in [-0.15, -0.1) is 0 Å². The van der Waals surface area contributed by atoms with E-state index in [1.54, 1.807) is 6.07 Å². The van der Waals surface area contributed by atoms with Gasteiger partial charge >= 0.3 is 0 Å². The second kappa shape index (κ2) is 8.02. The molecule has 0 spiro atoms. The number of aromatic nitrogens is 1. The first-order valence-corrected chi connectivity index (χ1v) is 10.9. The van der Waals surface area contributed by atoms with Crippen molar-refractivity contribution >= 4 is 17.5 Å². The van der Waals surface area contributed by atoms with Gasteiger partial charge in [0.15, 0.2) is 5.69 Å². The summed E-state index contributed by atoms with van der Waals surface area (Å²) < 4.78 is 6.03. The molecule has 3 aromatic rings. The summed E-state index contributed by atoms with van der Waals surface area (Å²) in [5.41, 5.74) is 3.07. The van der Waals surface area contributed by atoms with E-state index in [4.69, 9.17) is 4.42 Å². The fourth-order valence-electron chi connectivity index (χ4n) is 4.10. The molecule has 2 fully saturated rings. The van der Waals surface area contributed by atoms with Crippen molar-refractivity contribution in [3.63, 3.8) is 0 Å². The summed E-state index contributed by atoms with van der Waals surface area (Å²) >= 11 is 0. The summed E-state index contributed by atoms with van der Waals surface area (Å²) in [7, 11) is 0. The number of hydrogen-bond acceptors (Lipinski definition) is 4. The number of nitrogens with zero attached hydrogens (tertiary/aromatic N) is 2. The van der Waals surface area contributed by atoms with Crippen LogP contribution in [0.25, 0.3) is 11.5 Å². The fourth-order valence-corrected chi connectivity index (χ4v) is 4.10. The van der Waals surface area contributed by atoms with E-state index in [2.05, 4.69) is 10.3 Å². The Balaban J connectivity index is 1.47. The lowest BCUT2D eigenvalue weighted by atomic mass is 10.1. The molecule has 2 heterocycles. The van der Waals surface area contributed by atoms with Crippen LogP contribution in [0.5, 0.6) is 0 Å². The first-order chi connectivity index (χ1) is 15.1. The van der Waals surface area contributed by atoms with E-state index in [-0.39, 0.29) is 17.7 Å². The first kappa shape index (κ1) is 19.5. The van der Waals surface area contributed by atoms with E-state index < -0.39 is 0 Å². The molecular weight excluding hydrogens is 390 g/mol. The van der Waals surface area contributed by atoms with E-state index >= 15 is 0 Å². The number of hydrogen-bond donors (Lipinski definition) is 1. The van der Waals surface area contributed by atoms with E-state index in [1.165, 1.54) is 0 Å². The summed E-state index contributed by atoms with van der Waals surface area (Å²) in [5, 5.41) is 2.98. The molecule has 6 heteroatoms. The Bertz CT molecular complexity index is 1130. The molecule has 158 valence electrons. The van der Waals surface area contributed by atoms with Crippen LogP contribution in [-0.4, -0.2) is 34.8 Å². The number of carbonyl (C=O) groups is 2. The third kappa shape index (κ3) is 3.85. The zero-order valence-electron chi connectivity index (χ0n) is 17.6. The van der Waals surface area contributed by atoms with Gasteiger partial charge in [-0.2, -0.15) is 0 Å². The summed E-state index contributed by atoms with van der Waals surface area (Å²) in [6.45, 7) is 3.42. The van der Waals surface area contributed by atoms with Gasteiger partial charge in [0.2, 0.25) is 5.89 Å². The molecule has 0 atom stereocenters.